The van der Waals surface area contributed by atoms with Crippen molar-refractivity contribution in [2.45, 2.75) is 25.7 Å². The highest BCUT2D eigenvalue weighted by Gasteiger charge is 2.28. The lowest BCUT2D eigenvalue weighted by atomic mass is 9.99. The van der Waals surface area contributed by atoms with E-state index in [1.807, 2.05) is 35.2 Å². The van der Waals surface area contributed by atoms with E-state index in [1.54, 1.807) is 12.4 Å². The Labute approximate surface area is 217 Å². The summed E-state index contributed by atoms with van der Waals surface area (Å²) in [6.07, 6.45) is 7.68. The summed E-state index contributed by atoms with van der Waals surface area (Å²) in [6.45, 7) is 7.84. The smallest absolute Gasteiger partial charge is 0.289 e. The average molecular weight is 500 g/mol. The molecule has 0 unspecified atom stereocenters. The van der Waals surface area contributed by atoms with Crippen LogP contribution in [-0.2, 0) is 6.42 Å². The zero-order chi connectivity index (χ0) is 25.2. The summed E-state index contributed by atoms with van der Waals surface area (Å²) in [5.41, 5.74) is 5.56. The molecule has 8 heteroatoms. The Morgan fingerprint density at radius 2 is 1.59 bits per heavy atom. The van der Waals surface area contributed by atoms with Crippen LogP contribution in [0.2, 0.25) is 0 Å². The lowest BCUT2D eigenvalue weighted by Crippen LogP contribution is -2.50. The van der Waals surface area contributed by atoms with Crippen molar-refractivity contribution in [3.63, 3.8) is 0 Å². The van der Waals surface area contributed by atoms with Crippen LogP contribution in [0, 0.1) is 0 Å². The molecule has 2 aromatic heterocycles. The van der Waals surface area contributed by atoms with Gasteiger partial charge in [-0.2, -0.15) is 0 Å². The highest BCUT2D eigenvalue weighted by atomic mass is 16.4. The molecule has 0 radical (unpaired) electrons. The number of amides is 1. The summed E-state index contributed by atoms with van der Waals surface area (Å²) in [6, 6.07) is 11.8. The summed E-state index contributed by atoms with van der Waals surface area (Å²) in [5, 5.41) is 12.7. The van der Waals surface area contributed by atoms with E-state index in [1.165, 1.54) is 25.9 Å². The first-order valence-electron chi connectivity index (χ1n) is 13.3. The number of aromatic nitrogens is 1. The number of carbonyl (C=O) groups excluding carboxylic acids is 1. The van der Waals surface area contributed by atoms with Gasteiger partial charge in [-0.3, -0.25) is 14.7 Å². The van der Waals surface area contributed by atoms with Crippen LogP contribution in [0.3, 0.4) is 0 Å². The van der Waals surface area contributed by atoms with E-state index >= 15 is 0 Å². The van der Waals surface area contributed by atoms with Crippen molar-refractivity contribution in [2.75, 3.05) is 52.4 Å². The van der Waals surface area contributed by atoms with Crippen molar-refractivity contribution in [3.05, 3.63) is 65.7 Å². The number of pyridine rings is 1. The van der Waals surface area contributed by atoms with Gasteiger partial charge in [-0.25, -0.2) is 0 Å². The topological polar surface area (TPSA) is 85.4 Å². The maximum Gasteiger partial charge on any atom is 0.289 e. The minimum absolute atomic E-state index is 0.0587. The molecule has 2 aliphatic heterocycles. The van der Waals surface area contributed by atoms with Crippen LogP contribution >= 0.6 is 0 Å². The van der Waals surface area contributed by atoms with E-state index in [4.69, 9.17) is 4.42 Å². The maximum absolute atomic E-state index is 13.5. The van der Waals surface area contributed by atoms with Gasteiger partial charge in [0.2, 0.25) is 0 Å². The molecular formula is C29H33N5O3. The molecular weight excluding hydrogens is 466 g/mol. The summed E-state index contributed by atoms with van der Waals surface area (Å²) >= 11 is 0. The number of carbonyl (C=O) groups is 1. The quantitative estimate of drug-likeness (QED) is 0.408. The molecule has 0 bridgehead atoms. The zero-order valence-electron chi connectivity index (χ0n) is 21.1. The van der Waals surface area contributed by atoms with E-state index in [-0.39, 0.29) is 5.91 Å². The molecule has 1 aromatic carbocycles. The number of fused-ring (bicyclic) bond motifs is 1. The molecule has 0 atom stereocenters. The van der Waals surface area contributed by atoms with Crippen LogP contribution in [0.1, 0.15) is 40.9 Å². The second-order valence-corrected chi connectivity index (χ2v) is 10.2. The molecule has 0 saturated carbocycles. The van der Waals surface area contributed by atoms with Crippen molar-refractivity contribution in [1.82, 2.24) is 19.7 Å². The van der Waals surface area contributed by atoms with Crippen molar-refractivity contribution >= 4 is 11.6 Å². The van der Waals surface area contributed by atoms with Crippen molar-refractivity contribution < 1.29 is 14.4 Å². The third-order valence-corrected chi connectivity index (χ3v) is 7.96. The fourth-order valence-electron chi connectivity index (χ4n) is 5.79. The van der Waals surface area contributed by atoms with E-state index in [0.29, 0.717) is 30.3 Å². The second-order valence-electron chi connectivity index (χ2n) is 10.2. The van der Waals surface area contributed by atoms with Crippen LogP contribution in [0.15, 0.2) is 58.4 Å². The lowest BCUT2D eigenvalue weighted by Gasteiger charge is -2.35. The lowest BCUT2D eigenvalue weighted by molar-refractivity contribution is 0.0597. The van der Waals surface area contributed by atoms with Gasteiger partial charge in [-0.1, -0.05) is 17.3 Å². The van der Waals surface area contributed by atoms with Gasteiger partial charge in [-0.05, 0) is 74.2 Å². The minimum Gasteiger partial charge on any atom is -0.450 e. The number of rotatable bonds is 6. The SMILES string of the molecule is O=C(c1cc(-c2ccncc2)c(-c2ccc3c(c2)CCC3=NO)o1)N1CCN(CCN2CCCC2)CC1. The Kier molecular flexibility index (Phi) is 6.76. The summed E-state index contributed by atoms with van der Waals surface area (Å²) in [5.74, 6) is 0.984. The maximum atomic E-state index is 13.5. The molecule has 8 nitrogen and oxygen atoms in total. The summed E-state index contributed by atoms with van der Waals surface area (Å²) in [4.78, 5) is 24.6. The molecule has 4 heterocycles. The Balaban J connectivity index is 1.22. The molecule has 3 aromatic rings. The van der Waals surface area contributed by atoms with Crippen molar-refractivity contribution in [2.24, 2.45) is 5.16 Å². The number of hydrogen-bond acceptors (Lipinski definition) is 7. The fraction of sp³-hybridized carbons (Fsp3) is 0.414. The number of oxime groups is 1. The number of nitrogens with zero attached hydrogens (tertiary/aromatic N) is 5. The van der Waals surface area contributed by atoms with Crippen molar-refractivity contribution in [3.8, 4) is 22.5 Å². The molecule has 0 spiro atoms. The predicted octanol–water partition coefficient (Wildman–Crippen LogP) is 3.99. The zero-order valence-corrected chi connectivity index (χ0v) is 21.1. The first-order valence-corrected chi connectivity index (χ1v) is 13.3. The van der Waals surface area contributed by atoms with Gasteiger partial charge in [0.05, 0.1) is 5.71 Å². The molecule has 1 N–H and O–H groups in total. The Morgan fingerprint density at radius 1 is 0.865 bits per heavy atom. The standard InChI is InChI=1S/C29H33N5O3/c35-29(34-17-15-33(16-18-34)14-13-32-11-1-2-12-32)27-20-25(21-7-9-30-10-8-21)28(37-27)23-3-5-24-22(19-23)4-6-26(24)31-36/h3,5,7-10,19-20,36H,1-2,4,6,11-18H2. The number of piperazine rings is 1. The average Bonchev–Trinajstić information content (AvgIpc) is 3.72. The van der Waals surface area contributed by atoms with Gasteiger partial charge < -0.3 is 19.4 Å². The van der Waals surface area contributed by atoms with Gasteiger partial charge in [-0.15, -0.1) is 0 Å². The van der Waals surface area contributed by atoms with Gasteiger partial charge in [0.25, 0.3) is 5.91 Å². The van der Waals surface area contributed by atoms with Crippen LogP contribution < -0.4 is 0 Å². The number of furan rings is 1. The molecule has 192 valence electrons. The predicted molar refractivity (Wildman–Crippen MR) is 142 cm³/mol. The highest BCUT2D eigenvalue weighted by Crippen LogP contribution is 2.37. The number of hydrogen-bond donors (Lipinski definition) is 1. The Bertz CT molecular complexity index is 1290. The van der Waals surface area contributed by atoms with Gasteiger partial charge in [0.15, 0.2) is 5.76 Å². The molecule has 2 saturated heterocycles. The van der Waals surface area contributed by atoms with Crippen molar-refractivity contribution in [1.29, 1.82) is 0 Å². The van der Waals surface area contributed by atoms with Crippen LogP contribution in [0.4, 0.5) is 0 Å². The van der Waals surface area contributed by atoms with Crippen LogP contribution in [-0.4, -0.2) is 88.9 Å². The Morgan fingerprint density at radius 3 is 2.32 bits per heavy atom. The largest absolute Gasteiger partial charge is 0.450 e. The number of benzene rings is 1. The first-order chi connectivity index (χ1) is 18.2. The number of aryl methyl sites for hydroxylation is 1. The molecule has 1 aliphatic carbocycles. The van der Waals surface area contributed by atoms with E-state index < -0.39 is 0 Å². The third kappa shape index (κ3) is 4.91. The fourth-order valence-corrected chi connectivity index (χ4v) is 5.79. The normalized spacial score (nSPS) is 19.6. The van der Waals surface area contributed by atoms with Gasteiger partial charge in [0, 0.05) is 68.4 Å². The van der Waals surface area contributed by atoms with E-state index in [2.05, 4.69) is 26.0 Å². The minimum atomic E-state index is -0.0587. The summed E-state index contributed by atoms with van der Waals surface area (Å²) in [7, 11) is 0. The number of likely N-dealkylation sites (tertiary alicyclic amines) is 1. The van der Waals surface area contributed by atoms with E-state index in [0.717, 1.165) is 66.8 Å². The Hall–Kier alpha value is -3.49. The monoisotopic (exact) mass is 499 g/mol. The van der Waals surface area contributed by atoms with Crippen LogP contribution in [0.5, 0.6) is 0 Å². The van der Waals surface area contributed by atoms with Gasteiger partial charge >= 0.3 is 0 Å². The van der Waals surface area contributed by atoms with Gasteiger partial charge in [0.1, 0.15) is 5.76 Å². The van der Waals surface area contributed by atoms with Crippen LogP contribution in [0.25, 0.3) is 22.5 Å². The summed E-state index contributed by atoms with van der Waals surface area (Å²) < 4.78 is 6.31. The first kappa shape index (κ1) is 23.9. The molecule has 1 amide bonds. The highest BCUT2D eigenvalue weighted by molar-refractivity contribution is 6.04. The molecule has 2 fully saturated rings. The van der Waals surface area contributed by atoms with E-state index in [9.17, 15) is 10.0 Å². The third-order valence-electron chi connectivity index (χ3n) is 7.96. The molecule has 3 aliphatic rings. The second kappa shape index (κ2) is 10.5. The molecule has 37 heavy (non-hydrogen) atoms. The molecule has 6 rings (SSSR count).